The highest BCUT2D eigenvalue weighted by Gasteiger charge is 2.17. The first-order valence-electron chi connectivity index (χ1n) is 10.5. The number of aryl methyl sites for hydroxylation is 2. The molecule has 0 atom stereocenters. The SMILES string of the molecule is CCCCn1c(=O)n(CCCc2nnc(Cc3ccc(F)cc3F)o2)c(=O)c2[nH]c(Cl)nc21. The molecule has 0 bridgehead atoms. The molecule has 4 rings (SSSR count). The second kappa shape index (κ2) is 9.65. The van der Waals surface area contributed by atoms with Crippen molar-refractivity contribution in [3.63, 3.8) is 0 Å². The van der Waals surface area contributed by atoms with Crippen LogP contribution in [0.4, 0.5) is 8.78 Å². The van der Waals surface area contributed by atoms with Crippen LogP contribution in [0.15, 0.2) is 32.2 Å². The number of hydrogen-bond donors (Lipinski definition) is 1. The van der Waals surface area contributed by atoms with Gasteiger partial charge in [0.15, 0.2) is 11.2 Å². The molecule has 33 heavy (non-hydrogen) atoms. The second-order valence-corrected chi connectivity index (χ2v) is 7.93. The largest absolute Gasteiger partial charge is 0.425 e. The number of aromatic amines is 1. The van der Waals surface area contributed by atoms with Crippen LogP contribution in [-0.4, -0.2) is 29.3 Å². The van der Waals surface area contributed by atoms with Gasteiger partial charge in [0.2, 0.25) is 17.1 Å². The molecular weight excluding hydrogens is 458 g/mol. The zero-order valence-electron chi connectivity index (χ0n) is 17.8. The lowest BCUT2D eigenvalue weighted by atomic mass is 10.1. The number of benzene rings is 1. The fraction of sp³-hybridized carbons (Fsp3) is 0.381. The molecule has 0 unspecified atom stereocenters. The van der Waals surface area contributed by atoms with Crippen LogP contribution in [0, 0.1) is 11.6 Å². The molecule has 0 saturated heterocycles. The Kier molecular flexibility index (Phi) is 6.68. The number of nitrogens with zero attached hydrogens (tertiary/aromatic N) is 5. The predicted octanol–water partition coefficient (Wildman–Crippen LogP) is 3.22. The van der Waals surface area contributed by atoms with E-state index in [9.17, 15) is 18.4 Å². The number of fused-ring (bicyclic) bond motifs is 1. The number of aromatic nitrogens is 6. The molecule has 0 aliphatic heterocycles. The zero-order chi connectivity index (χ0) is 23.5. The van der Waals surface area contributed by atoms with Gasteiger partial charge in [-0.3, -0.25) is 13.9 Å². The molecule has 0 spiro atoms. The summed E-state index contributed by atoms with van der Waals surface area (Å²) in [5.41, 5.74) is -0.300. The molecule has 0 radical (unpaired) electrons. The summed E-state index contributed by atoms with van der Waals surface area (Å²) in [6.45, 7) is 2.54. The van der Waals surface area contributed by atoms with Crippen LogP contribution in [-0.2, 0) is 25.9 Å². The molecule has 9 nitrogen and oxygen atoms in total. The van der Waals surface area contributed by atoms with Crippen molar-refractivity contribution in [3.8, 4) is 0 Å². The maximum atomic E-state index is 13.8. The summed E-state index contributed by atoms with van der Waals surface area (Å²) in [4.78, 5) is 32.5. The van der Waals surface area contributed by atoms with E-state index in [1.54, 1.807) is 0 Å². The van der Waals surface area contributed by atoms with E-state index < -0.39 is 22.9 Å². The minimum atomic E-state index is -0.692. The third-order valence-electron chi connectivity index (χ3n) is 5.21. The van der Waals surface area contributed by atoms with Crippen LogP contribution in [0.1, 0.15) is 43.5 Å². The standard InChI is InChI=1S/C21H21ClF2N6O3/c1-2-3-8-29-18-17(25-20(22)26-18)19(31)30(21(29)32)9-4-5-15-27-28-16(33-15)10-12-6-7-13(23)11-14(12)24/h6-7,11H,2-5,8-10H2,1H3,(H,25,26). The third kappa shape index (κ3) is 4.87. The monoisotopic (exact) mass is 478 g/mol. The smallest absolute Gasteiger partial charge is 0.332 e. The van der Waals surface area contributed by atoms with Gasteiger partial charge in [0.25, 0.3) is 5.56 Å². The fourth-order valence-electron chi connectivity index (χ4n) is 3.53. The van der Waals surface area contributed by atoms with Gasteiger partial charge in [-0.15, -0.1) is 10.2 Å². The molecule has 0 amide bonds. The number of H-pyrrole nitrogens is 1. The molecule has 3 heterocycles. The van der Waals surface area contributed by atoms with Crippen LogP contribution in [0.25, 0.3) is 11.2 Å². The third-order valence-corrected chi connectivity index (χ3v) is 5.38. The topological polar surface area (TPSA) is 112 Å². The summed E-state index contributed by atoms with van der Waals surface area (Å²) in [7, 11) is 0. The van der Waals surface area contributed by atoms with Gasteiger partial charge in [-0.1, -0.05) is 19.4 Å². The second-order valence-electron chi connectivity index (χ2n) is 7.58. The highest BCUT2D eigenvalue weighted by molar-refractivity contribution is 6.28. The predicted molar refractivity (Wildman–Crippen MR) is 116 cm³/mol. The number of hydrogen-bond acceptors (Lipinski definition) is 6. The molecule has 1 N–H and O–H groups in total. The van der Waals surface area contributed by atoms with E-state index >= 15 is 0 Å². The molecule has 174 valence electrons. The van der Waals surface area contributed by atoms with Gasteiger partial charge in [0.1, 0.15) is 11.6 Å². The Labute approximate surface area is 191 Å². The van der Waals surface area contributed by atoms with Crippen molar-refractivity contribution in [2.75, 3.05) is 0 Å². The van der Waals surface area contributed by atoms with Crippen molar-refractivity contribution in [3.05, 3.63) is 73.3 Å². The Morgan fingerprint density at radius 2 is 1.85 bits per heavy atom. The van der Waals surface area contributed by atoms with Crippen LogP contribution < -0.4 is 11.2 Å². The molecule has 0 aliphatic carbocycles. The number of unbranched alkanes of at least 4 members (excludes halogenated alkanes) is 1. The van der Waals surface area contributed by atoms with Crippen molar-refractivity contribution in [2.45, 2.75) is 52.1 Å². The average molecular weight is 479 g/mol. The lowest BCUT2D eigenvalue weighted by Crippen LogP contribution is -2.40. The van der Waals surface area contributed by atoms with E-state index in [0.29, 0.717) is 19.4 Å². The van der Waals surface area contributed by atoms with E-state index in [1.807, 2.05) is 6.92 Å². The molecule has 4 aromatic rings. The van der Waals surface area contributed by atoms with Crippen LogP contribution in [0.3, 0.4) is 0 Å². The lowest BCUT2D eigenvalue weighted by Gasteiger charge is -2.10. The maximum Gasteiger partial charge on any atom is 0.332 e. The first-order chi connectivity index (χ1) is 15.9. The van der Waals surface area contributed by atoms with Crippen LogP contribution >= 0.6 is 11.6 Å². The van der Waals surface area contributed by atoms with E-state index in [4.69, 9.17) is 16.0 Å². The quantitative estimate of drug-likeness (QED) is 0.370. The number of rotatable bonds is 9. The van der Waals surface area contributed by atoms with Gasteiger partial charge in [0.05, 0.1) is 6.42 Å². The Morgan fingerprint density at radius 3 is 2.61 bits per heavy atom. The molecule has 3 aromatic heterocycles. The van der Waals surface area contributed by atoms with E-state index in [1.165, 1.54) is 10.6 Å². The normalized spacial score (nSPS) is 11.5. The van der Waals surface area contributed by atoms with E-state index in [0.717, 1.165) is 29.5 Å². The van der Waals surface area contributed by atoms with Crippen molar-refractivity contribution < 1.29 is 13.2 Å². The number of halogens is 3. The highest BCUT2D eigenvalue weighted by atomic mass is 35.5. The lowest BCUT2D eigenvalue weighted by molar-refractivity contribution is 0.438. The summed E-state index contributed by atoms with van der Waals surface area (Å²) in [6.07, 6.45) is 2.33. The van der Waals surface area contributed by atoms with Gasteiger partial charge >= 0.3 is 5.69 Å². The minimum absolute atomic E-state index is 0.0258. The first kappa shape index (κ1) is 22.8. The maximum absolute atomic E-state index is 13.8. The number of imidazole rings is 1. The van der Waals surface area contributed by atoms with Gasteiger partial charge in [-0.05, 0) is 36.1 Å². The van der Waals surface area contributed by atoms with Crippen molar-refractivity contribution in [1.29, 1.82) is 0 Å². The molecular formula is C21H21ClF2N6O3. The van der Waals surface area contributed by atoms with Gasteiger partial charge in [-0.2, -0.15) is 4.98 Å². The van der Waals surface area contributed by atoms with Crippen molar-refractivity contribution >= 4 is 22.8 Å². The summed E-state index contributed by atoms with van der Waals surface area (Å²) in [5.74, 6) is -0.884. The Morgan fingerprint density at radius 1 is 1.09 bits per heavy atom. The van der Waals surface area contributed by atoms with Gasteiger partial charge < -0.3 is 9.40 Å². The van der Waals surface area contributed by atoms with Gasteiger partial charge in [0, 0.05) is 25.6 Å². The average Bonchev–Trinajstić information content (AvgIpc) is 3.39. The van der Waals surface area contributed by atoms with E-state index in [2.05, 4.69) is 20.2 Å². The Balaban J connectivity index is 1.48. The molecule has 1 aromatic carbocycles. The summed E-state index contributed by atoms with van der Waals surface area (Å²) in [5, 5.41) is 7.86. The van der Waals surface area contributed by atoms with E-state index in [-0.39, 0.29) is 46.8 Å². The minimum Gasteiger partial charge on any atom is -0.425 e. The summed E-state index contributed by atoms with van der Waals surface area (Å²) in [6, 6.07) is 3.27. The Bertz CT molecular complexity index is 1410. The van der Waals surface area contributed by atoms with Crippen LogP contribution in [0.2, 0.25) is 5.28 Å². The summed E-state index contributed by atoms with van der Waals surface area (Å²) >= 11 is 5.93. The van der Waals surface area contributed by atoms with Gasteiger partial charge in [-0.25, -0.2) is 13.6 Å². The highest BCUT2D eigenvalue weighted by Crippen LogP contribution is 2.15. The first-order valence-corrected chi connectivity index (χ1v) is 10.9. The number of nitrogens with one attached hydrogen (secondary N) is 1. The molecule has 12 heteroatoms. The fourth-order valence-corrected chi connectivity index (χ4v) is 3.71. The van der Waals surface area contributed by atoms with Crippen molar-refractivity contribution in [2.24, 2.45) is 0 Å². The Hall–Kier alpha value is -3.34. The van der Waals surface area contributed by atoms with Crippen LogP contribution in [0.5, 0.6) is 0 Å². The van der Waals surface area contributed by atoms with Crippen molar-refractivity contribution in [1.82, 2.24) is 29.3 Å². The molecule has 0 aliphatic rings. The zero-order valence-corrected chi connectivity index (χ0v) is 18.5. The summed E-state index contributed by atoms with van der Waals surface area (Å²) < 4.78 is 35.0. The molecule has 0 saturated carbocycles. The molecule has 0 fully saturated rings.